The van der Waals surface area contributed by atoms with Gasteiger partial charge in [-0.05, 0) is 18.6 Å². The van der Waals surface area contributed by atoms with Gasteiger partial charge in [0.2, 0.25) is 5.56 Å². The number of hydrogen-bond acceptors (Lipinski definition) is 3. The molecule has 1 atom stereocenters. The van der Waals surface area contributed by atoms with Crippen LogP contribution in [0.5, 0.6) is 0 Å². The number of nitrogens with one attached hydrogen (secondary N) is 2. The van der Waals surface area contributed by atoms with Crippen molar-refractivity contribution in [3.8, 4) is 0 Å². The summed E-state index contributed by atoms with van der Waals surface area (Å²) >= 11 is 0. The van der Waals surface area contributed by atoms with E-state index in [9.17, 15) is 14.7 Å². The molecule has 5 heteroatoms. The molecule has 0 spiro atoms. The Morgan fingerprint density at radius 3 is 2.54 bits per heavy atom. The van der Waals surface area contributed by atoms with Gasteiger partial charge < -0.3 is 15.4 Å². The molecule has 122 valence electrons. The number of fused-ring (bicyclic) bond motifs is 1. The molecule has 0 fully saturated rings. The number of pyridine rings is 1. The van der Waals surface area contributed by atoms with Gasteiger partial charge in [0.05, 0.1) is 12.1 Å². The highest BCUT2D eigenvalue weighted by atomic mass is 16.3. The van der Waals surface area contributed by atoms with Crippen molar-refractivity contribution in [1.82, 2.24) is 10.3 Å². The standard InChI is InChI=1S/C19H18N2O3/c1-19(24,13-7-3-2-4-8-13)12-20-18(23)15-11-17(22)21-16-10-6-5-9-14(15)16/h2-11,24H,12H2,1H3,(H,20,23)(H,21,22). The summed E-state index contributed by atoms with van der Waals surface area (Å²) in [6.45, 7) is 1.68. The molecule has 5 nitrogen and oxygen atoms in total. The van der Waals surface area contributed by atoms with Gasteiger partial charge in [0.15, 0.2) is 0 Å². The second kappa shape index (κ2) is 6.29. The number of amides is 1. The monoisotopic (exact) mass is 322 g/mol. The van der Waals surface area contributed by atoms with E-state index in [1.807, 2.05) is 18.2 Å². The van der Waals surface area contributed by atoms with E-state index in [4.69, 9.17) is 0 Å². The zero-order valence-corrected chi connectivity index (χ0v) is 13.2. The van der Waals surface area contributed by atoms with Crippen molar-refractivity contribution in [3.05, 3.63) is 82.1 Å². The van der Waals surface area contributed by atoms with Crippen molar-refractivity contribution in [2.24, 2.45) is 0 Å². The lowest BCUT2D eigenvalue weighted by atomic mass is 9.96. The number of carbonyl (C=O) groups is 1. The molecule has 3 rings (SSSR count). The van der Waals surface area contributed by atoms with Crippen molar-refractivity contribution < 1.29 is 9.90 Å². The lowest BCUT2D eigenvalue weighted by Crippen LogP contribution is -2.38. The third kappa shape index (κ3) is 3.21. The van der Waals surface area contributed by atoms with Crippen LogP contribution in [0.1, 0.15) is 22.8 Å². The second-order valence-corrected chi connectivity index (χ2v) is 5.92. The number of aromatic amines is 1. The topological polar surface area (TPSA) is 82.2 Å². The Kier molecular flexibility index (Phi) is 4.18. The Hall–Kier alpha value is -2.92. The Balaban J connectivity index is 1.85. The molecule has 2 aromatic carbocycles. The largest absolute Gasteiger partial charge is 0.384 e. The molecular formula is C19H18N2O3. The summed E-state index contributed by atoms with van der Waals surface area (Å²) in [5.41, 5.74) is 0.0615. The molecule has 0 saturated carbocycles. The van der Waals surface area contributed by atoms with Crippen LogP contribution in [0, 0.1) is 0 Å². The minimum Gasteiger partial charge on any atom is -0.384 e. The first-order chi connectivity index (χ1) is 11.5. The summed E-state index contributed by atoms with van der Waals surface area (Å²) in [5.74, 6) is -0.395. The van der Waals surface area contributed by atoms with Crippen LogP contribution in [0.3, 0.4) is 0 Å². The van der Waals surface area contributed by atoms with Gasteiger partial charge in [0.25, 0.3) is 5.91 Å². The van der Waals surface area contributed by atoms with Crippen molar-refractivity contribution in [2.45, 2.75) is 12.5 Å². The number of benzene rings is 2. The maximum absolute atomic E-state index is 12.5. The zero-order chi connectivity index (χ0) is 17.2. The Bertz CT molecular complexity index is 930. The van der Waals surface area contributed by atoms with E-state index in [2.05, 4.69) is 10.3 Å². The quantitative estimate of drug-likeness (QED) is 0.688. The highest BCUT2D eigenvalue weighted by molar-refractivity contribution is 6.05. The maximum Gasteiger partial charge on any atom is 0.252 e. The highest BCUT2D eigenvalue weighted by Crippen LogP contribution is 2.20. The summed E-state index contributed by atoms with van der Waals surface area (Å²) in [6.07, 6.45) is 0. The van der Waals surface area contributed by atoms with Crippen LogP contribution in [0.15, 0.2) is 65.5 Å². The molecule has 3 N–H and O–H groups in total. The number of carbonyl (C=O) groups excluding carboxylic acids is 1. The predicted octanol–water partition coefficient (Wildman–Crippen LogP) is 2.17. The van der Waals surface area contributed by atoms with Gasteiger partial charge in [-0.3, -0.25) is 9.59 Å². The van der Waals surface area contributed by atoms with Crippen LogP contribution in [-0.4, -0.2) is 22.5 Å². The summed E-state index contributed by atoms with van der Waals surface area (Å²) in [4.78, 5) is 27.0. The molecule has 1 aromatic heterocycles. The van der Waals surface area contributed by atoms with Crippen LogP contribution < -0.4 is 10.9 Å². The van der Waals surface area contributed by atoms with Gasteiger partial charge in [-0.15, -0.1) is 0 Å². The maximum atomic E-state index is 12.5. The van der Waals surface area contributed by atoms with E-state index < -0.39 is 11.5 Å². The number of aliphatic hydroxyl groups is 1. The molecule has 3 aromatic rings. The number of H-pyrrole nitrogens is 1. The molecule has 0 aliphatic rings. The molecular weight excluding hydrogens is 304 g/mol. The number of para-hydroxylation sites is 1. The average Bonchev–Trinajstić information content (AvgIpc) is 2.59. The van der Waals surface area contributed by atoms with Crippen LogP contribution in [0.2, 0.25) is 0 Å². The van der Waals surface area contributed by atoms with Gasteiger partial charge in [0.1, 0.15) is 5.60 Å². The molecule has 1 unspecified atom stereocenters. The average molecular weight is 322 g/mol. The van der Waals surface area contributed by atoms with E-state index in [-0.39, 0.29) is 12.1 Å². The van der Waals surface area contributed by atoms with Crippen LogP contribution in [0.4, 0.5) is 0 Å². The third-order valence-corrected chi connectivity index (χ3v) is 3.98. The van der Waals surface area contributed by atoms with Crippen molar-refractivity contribution in [1.29, 1.82) is 0 Å². The molecule has 1 amide bonds. The van der Waals surface area contributed by atoms with E-state index >= 15 is 0 Å². The fraction of sp³-hybridized carbons (Fsp3) is 0.158. The zero-order valence-electron chi connectivity index (χ0n) is 13.2. The van der Waals surface area contributed by atoms with E-state index in [1.54, 1.807) is 43.3 Å². The van der Waals surface area contributed by atoms with Gasteiger partial charge in [0, 0.05) is 17.0 Å². The fourth-order valence-electron chi connectivity index (χ4n) is 2.64. The first kappa shape index (κ1) is 16.0. The highest BCUT2D eigenvalue weighted by Gasteiger charge is 2.24. The van der Waals surface area contributed by atoms with Gasteiger partial charge in [-0.25, -0.2) is 0 Å². The molecule has 1 heterocycles. The summed E-state index contributed by atoms with van der Waals surface area (Å²) in [5, 5.41) is 13.9. The number of rotatable bonds is 4. The van der Waals surface area contributed by atoms with Crippen molar-refractivity contribution in [2.75, 3.05) is 6.54 Å². The van der Waals surface area contributed by atoms with Gasteiger partial charge in [-0.2, -0.15) is 0 Å². The minimum atomic E-state index is -1.20. The molecule has 24 heavy (non-hydrogen) atoms. The molecule has 0 bridgehead atoms. The fourth-order valence-corrected chi connectivity index (χ4v) is 2.64. The lowest BCUT2D eigenvalue weighted by Gasteiger charge is -2.24. The third-order valence-electron chi connectivity index (χ3n) is 3.98. The summed E-state index contributed by atoms with van der Waals surface area (Å²) in [7, 11) is 0. The predicted molar refractivity (Wildman–Crippen MR) is 92.9 cm³/mol. The van der Waals surface area contributed by atoms with Crippen LogP contribution >= 0.6 is 0 Å². The normalized spacial score (nSPS) is 13.4. The first-order valence-corrected chi connectivity index (χ1v) is 7.65. The summed E-state index contributed by atoms with van der Waals surface area (Å²) < 4.78 is 0. The van der Waals surface area contributed by atoms with Crippen LogP contribution in [0.25, 0.3) is 10.9 Å². The number of aromatic nitrogens is 1. The van der Waals surface area contributed by atoms with Crippen molar-refractivity contribution >= 4 is 16.8 Å². The van der Waals surface area contributed by atoms with Crippen LogP contribution in [-0.2, 0) is 5.60 Å². The first-order valence-electron chi connectivity index (χ1n) is 7.65. The van der Waals surface area contributed by atoms with E-state index in [0.29, 0.717) is 22.0 Å². The Labute approximate surface area is 139 Å². The van der Waals surface area contributed by atoms with Crippen molar-refractivity contribution in [3.63, 3.8) is 0 Å². The second-order valence-electron chi connectivity index (χ2n) is 5.92. The SMILES string of the molecule is CC(O)(CNC(=O)c1cc(=O)[nH]c2ccccc12)c1ccccc1. The van der Waals surface area contributed by atoms with E-state index in [1.165, 1.54) is 6.07 Å². The lowest BCUT2D eigenvalue weighted by molar-refractivity contribution is 0.0527. The van der Waals surface area contributed by atoms with E-state index in [0.717, 1.165) is 0 Å². The molecule has 0 aliphatic heterocycles. The Morgan fingerprint density at radius 1 is 1.12 bits per heavy atom. The summed E-state index contributed by atoms with van der Waals surface area (Å²) in [6, 6.07) is 17.5. The molecule has 0 radical (unpaired) electrons. The molecule has 0 aliphatic carbocycles. The smallest absolute Gasteiger partial charge is 0.252 e. The minimum absolute atomic E-state index is 0.0387. The Morgan fingerprint density at radius 2 is 1.79 bits per heavy atom. The number of hydrogen-bond donors (Lipinski definition) is 3. The van der Waals surface area contributed by atoms with Gasteiger partial charge >= 0.3 is 0 Å². The van der Waals surface area contributed by atoms with Gasteiger partial charge in [-0.1, -0.05) is 48.5 Å². The molecule has 0 saturated heterocycles.